The molecule has 0 bridgehead atoms. The Kier molecular flexibility index (Phi) is 6.94. The first-order valence-corrected chi connectivity index (χ1v) is 8.65. The fraction of sp³-hybridized carbons (Fsp3) is 0.500. The lowest BCUT2D eigenvalue weighted by Crippen LogP contribution is -2.49. The zero-order valence-electron chi connectivity index (χ0n) is 14.8. The molecule has 1 aromatic carbocycles. The maximum absolute atomic E-state index is 12.3. The summed E-state index contributed by atoms with van der Waals surface area (Å²) >= 11 is 0. The van der Waals surface area contributed by atoms with Crippen molar-refractivity contribution in [3.05, 3.63) is 29.8 Å². The van der Waals surface area contributed by atoms with Crippen molar-refractivity contribution in [3.63, 3.8) is 0 Å². The minimum atomic E-state index is -0.159. The van der Waals surface area contributed by atoms with Gasteiger partial charge in [-0.25, -0.2) is 0 Å². The van der Waals surface area contributed by atoms with Gasteiger partial charge in [-0.3, -0.25) is 19.3 Å². The van der Waals surface area contributed by atoms with Gasteiger partial charge >= 0.3 is 0 Å². The molecule has 7 nitrogen and oxygen atoms in total. The number of nitrogens with zero attached hydrogens (tertiary/aromatic N) is 1. The zero-order chi connectivity index (χ0) is 18.2. The van der Waals surface area contributed by atoms with Crippen molar-refractivity contribution in [3.8, 4) is 0 Å². The van der Waals surface area contributed by atoms with Gasteiger partial charge in [-0.15, -0.1) is 0 Å². The molecule has 7 heteroatoms. The summed E-state index contributed by atoms with van der Waals surface area (Å²) in [5.74, 6) is -0.331. The lowest BCUT2D eigenvalue weighted by atomic mass is 10.1. The third-order valence-corrected chi connectivity index (χ3v) is 4.03. The summed E-state index contributed by atoms with van der Waals surface area (Å²) in [6.45, 7) is 5.69. The molecule has 0 saturated carbocycles. The van der Waals surface area contributed by atoms with Crippen LogP contribution in [0, 0.1) is 0 Å². The van der Waals surface area contributed by atoms with Crippen LogP contribution in [0.1, 0.15) is 37.0 Å². The van der Waals surface area contributed by atoms with Gasteiger partial charge in [0.05, 0.1) is 6.54 Å². The molecule has 1 aliphatic heterocycles. The smallest absolute Gasteiger partial charge is 0.251 e. The number of hydrogen-bond donors (Lipinski definition) is 3. The fourth-order valence-electron chi connectivity index (χ4n) is 3.01. The molecule has 3 amide bonds. The average molecular weight is 346 g/mol. The molecular weight excluding hydrogens is 320 g/mol. The van der Waals surface area contributed by atoms with Crippen molar-refractivity contribution in [2.75, 3.05) is 31.5 Å². The SMILES string of the molecule is CCNC(=O)c1cccc(NC(=O)CN2CCCC(NC(C)=O)C2)c1. The highest BCUT2D eigenvalue weighted by Gasteiger charge is 2.22. The standard InChI is InChI=1S/C18H26N4O3/c1-3-19-18(25)14-6-4-7-15(10-14)21-17(24)12-22-9-5-8-16(11-22)20-13(2)23/h4,6-7,10,16H,3,5,8-9,11-12H2,1-2H3,(H,19,25)(H,20,23)(H,21,24). The van der Waals surface area contributed by atoms with Crippen LogP contribution in [-0.2, 0) is 9.59 Å². The number of benzene rings is 1. The molecule has 3 N–H and O–H groups in total. The predicted octanol–water partition coefficient (Wildman–Crippen LogP) is 0.975. The quantitative estimate of drug-likeness (QED) is 0.716. The number of piperidine rings is 1. The van der Waals surface area contributed by atoms with Crippen LogP contribution in [0.2, 0.25) is 0 Å². The second-order valence-electron chi connectivity index (χ2n) is 6.26. The second-order valence-corrected chi connectivity index (χ2v) is 6.26. The zero-order valence-corrected chi connectivity index (χ0v) is 14.8. The van der Waals surface area contributed by atoms with E-state index >= 15 is 0 Å². The molecule has 1 saturated heterocycles. The van der Waals surface area contributed by atoms with E-state index in [4.69, 9.17) is 0 Å². The molecule has 1 unspecified atom stereocenters. The summed E-state index contributed by atoms with van der Waals surface area (Å²) in [4.78, 5) is 37.3. The average Bonchev–Trinajstić information content (AvgIpc) is 2.55. The Hall–Kier alpha value is -2.41. The largest absolute Gasteiger partial charge is 0.352 e. The van der Waals surface area contributed by atoms with Gasteiger partial charge < -0.3 is 16.0 Å². The van der Waals surface area contributed by atoms with Crippen molar-refractivity contribution in [1.29, 1.82) is 0 Å². The summed E-state index contributed by atoms with van der Waals surface area (Å²) in [5.41, 5.74) is 1.12. The van der Waals surface area contributed by atoms with Crippen LogP contribution >= 0.6 is 0 Å². The van der Waals surface area contributed by atoms with E-state index in [0.29, 0.717) is 24.3 Å². The molecular formula is C18H26N4O3. The molecule has 0 aliphatic carbocycles. The van der Waals surface area contributed by atoms with Crippen LogP contribution in [0.25, 0.3) is 0 Å². The van der Waals surface area contributed by atoms with E-state index in [0.717, 1.165) is 19.4 Å². The highest BCUT2D eigenvalue weighted by molar-refractivity contribution is 5.97. The Morgan fingerprint density at radius 2 is 2.08 bits per heavy atom. The van der Waals surface area contributed by atoms with Crippen molar-refractivity contribution in [2.24, 2.45) is 0 Å². The first kappa shape index (κ1) is 18.9. The minimum Gasteiger partial charge on any atom is -0.352 e. The first-order valence-electron chi connectivity index (χ1n) is 8.65. The van der Waals surface area contributed by atoms with Crippen molar-refractivity contribution >= 4 is 23.4 Å². The number of nitrogens with one attached hydrogen (secondary N) is 3. The van der Waals surface area contributed by atoms with E-state index in [2.05, 4.69) is 16.0 Å². The molecule has 0 radical (unpaired) electrons. The van der Waals surface area contributed by atoms with E-state index < -0.39 is 0 Å². The van der Waals surface area contributed by atoms with Gasteiger partial charge in [-0.2, -0.15) is 0 Å². The van der Waals surface area contributed by atoms with Gasteiger partial charge in [0.1, 0.15) is 0 Å². The Bertz CT molecular complexity index is 633. The summed E-state index contributed by atoms with van der Waals surface area (Å²) in [6.07, 6.45) is 1.89. The molecule has 1 fully saturated rings. The van der Waals surface area contributed by atoms with Crippen LogP contribution < -0.4 is 16.0 Å². The van der Waals surface area contributed by atoms with Crippen LogP contribution in [0.4, 0.5) is 5.69 Å². The first-order chi connectivity index (χ1) is 12.0. The lowest BCUT2D eigenvalue weighted by molar-refractivity contribution is -0.120. The molecule has 1 aliphatic rings. The summed E-state index contributed by atoms with van der Waals surface area (Å²) in [5, 5.41) is 8.48. The molecule has 25 heavy (non-hydrogen) atoms. The number of carbonyl (C=O) groups is 3. The van der Waals surface area contributed by atoms with Crippen LogP contribution in [0.5, 0.6) is 0 Å². The number of likely N-dealkylation sites (tertiary alicyclic amines) is 1. The van der Waals surface area contributed by atoms with Gasteiger partial charge in [0, 0.05) is 37.3 Å². The summed E-state index contributed by atoms with van der Waals surface area (Å²) < 4.78 is 0. The van der Waals surface area contributed by atoms with E-state index in [1.165, 1.54) is 6.92 Å². The maximum atomic E-state index is 12.3. The van der Waals surface area contributed by atoms with Gasteiger partial charge in [-0.1, -0.05) is 6.07 Å². The Labute approximate surface area is 148 Å². The number of anilines is 1. The molecule has 136 valence electrons. The third-order valence-electron chi connectivity index (χ3n) is 4.03. The van der Waals surface area contributed by atoms with E-state index in [1.54, 1.807) is 24.3 Å². The maximum Gasteiger partial charge on any atom is 0.251 e. The lowest BCUT2D eigenvalue weighted by Gasteiger charge is -2.32. The molecule has 1 aromatic rings. The fourth-order valence-corrected chi connectivity index (χ4v) is 3.01. The third kappa shape index (κ3) is 6.19. The summed E-state index contributed by atoms with van der Waals surface area (Å²) in [7, 11) is 0. The molecule has 0 aromatic heterocycles. The van der Waals surface area contributed by atoms with E-state index in [9.17, 15) is 14.4 Å². The number of rotatable bonds is 6. The molecule has 2 rings (SSSR count). The topological polar surface area (TPSA) is 90.5 Å². The van der Waals surface area contributed by atoms with E-state index in [1.807, 2.05) is 11.8 Å². The van der Waals surface area contributed by atoms with Crippen molar-refractivity contribution in [1.82, 2.24) is 15.5 Å². The monoisotopic (exact) mass is 346 g/mol. The summed E-state index contributed by atoms with van der Waals surface area (Å²) in [6, 6.07) is 6.98. The van der Waals surface area contributed by atoms with E-state index in [-0.39, 0.29) is 30.3 Å². The van der Waals surface area contributed by atoms with Crippen LogP contribution in [0.15, 0.2) is 24.3 Å². The van der Waals surface area contributed by atoms with Crippen molar-refractivity contribution in [2.45, 2.75) is 32.7 Å². The van der Waals surface area contributed by atoms with Gasteiger partial charge in [0.15, 0.2) is 0 Å². The van der Waals surface area contributed by atoms with Crippen LogP contribution in [-0.4, -0.2) is 54.8 Å². The van der Waals surface area contributed by atoms with Gasteiger partial charge in [-0.05, 0) is 44.5 Å². The molecule has 1 atom stereocenters. The highest BCUT2D eigenvalue weighted by Crippen LogP contribution is 2.13. The Balaban J connectivity index is 1.88. The van der Waals surface area contributed by atoms with Crippen molar-refractivity contribution < 1.29 is 14.4 Å². The predicted molar refractivity (Wildman–Crippen MR) is 96.4 cm³/mol. The number of hydrogen-bond acceptors (Lipinski definition) is 4. The number of carbonyl (C=O) groups excluding carboxylic acids is 3. The second kappa shape index (κ2) is 9.17. The van der Waals surface area contributed by atoms with Gasteiger partial charge in [0.2, 0.25) is 11.8 Å². The van der Waals surface area contributed by atoms with Gasteiger partial charge in [0.25, 0.3) is 5.91 Å². The Morgan fingerprint density at radius 3 is 2.80 bits per heavy atom. The normalized spacial score (nSPS) is 17.6. The Morgan fingerprint density at radius 1 is 1.28 bits per heavy atom. The van der Waals surface area contributed by atoms with Crippen LogP contribution in [0.3, 0.4) is 0 Å². The molecule has 1 heterocycles. The molecule has 0 spiro atoms. The number of amides is 3. The highest BCUT2D eigenvalue weighted by atomic mass is 16.2. The minimum absolute atomic E-state index is 0.0431.